The molecule has 1 aromatic carbocycles. The normalized spacial score (nSPS) is 25.5. The summed E-state index contributed by atoms with van der Waals surface area (Å²) in [6.07, 6.45) is 6.84. The molecule has 6 nitrogen and oxygen atoms in total. The van der Waals surface area contributed by atoms with Gasteiger partial charge >= 0.3 is 0 Å². The number of aliphatic hydroxyl groups excluding tert-OH is 1. The zero-order valence-electron chi connectivity index (χ0n) is 18.9. The first-order chi connectivity index (χ1) is 15.6. The summed E-state index contributed by atoms with van der Waals surface area (Å²) in [6.45, 7) is 7.15. The van der Waals surface area contributed by atoms with E-state index in [1.54, 1.807) is 0 Å². The Morgan fingerprint density at radius 2 is 1.91 bits per heavy atom. The van der Waals surface area contributed by atoms with Crippen molar-refractivity contribution >= 4 is 11.3 Å². The first kappa shape index (κ1) is 21.4. The molecule has 3 aliphatic heterocycles. The predicted octanol–water partition coefficient (Wildman–Crippen LogP) is 3.67. The molecule has 0 aromatic heterocycles. The number of rotatable bonds is 4. The first-order valence-corrected chi connectivity index (χ1v) is 12.0. The quantitative estimate of drug-likeness (QED) is 0.778. The average Bonchev–Trinajstić information content (AvgIpc) is 3.34. The van der Waals surface area contributed by atoms with Gasteiger partial charge in [-0.25, -0.2) is 0 Å². The van der Waals surface area contributed by atoms with Crippen molar-refractivity contribution in [3.63, 3.8) is 0 Å². The van der Waals surface area contributed by atoms with E-state index in [1.807, 2.05) is 6.92 Å². The molecule has 6 heteroatoms. The largest absolute Gasteiger partial charge is 0.491 e. The van der Waals surface area contributed by atoms with Gasteiger partial charge in [0.15, 0.2) is 5.76 Å². The summed E-state index contributed by atoms with van der Waals surface area (Å²) >= 11 is 0. The van der Waals surface area contributed by atoms with Gasteiger partial charge in [0, 0.05) is 32.1 Å². The van der Waals surface area contributed by atoms with Gasteiger partial charge < -0.3 is 19.5 Å². The Hall–Kier alpha value is -2.49. The molecule has 1 unspecified atom stereocenters. The second-order valence-corrected chi connectivity index (χ2v) is 9.47. The van der Waals surface area contributed by atoms with Crippen LogP contribution in [0.15, 0.2) is 35.8 Å². The van der Waals surface area contributed by atoms with E-state index in [0.29, 0.717) is 25.2 Å². The molecule has 4 aliphatic rings. The molecule has 2 saturated heterocycles. The molecular weight excluding hydrogens is 402 g/mol. The predicted molar refractivity (Wildman–Crippen MR) is 124 cm³/mol. The minimum Gasteiger partial charge on any atom is -0.491 e. The third kappa shape index (κ3) is 4.12. The van der Waals surface area contributed by atoms with Gasteiger partial charge in [0.05, 0.1) is 17.4 Å². The number of ether oxygens (including phenoxy) is 2. The van der Waals surface area contributed by atoms with Crippen molar-refractivity contribution in [1.82, 2.24) is 4.90 Å². The Kier molecular flexibility index (Phi) is 6.12. The molecule has 32 heavy (non-hydrogen) atoms. The van der Waals surface area contributed by atoms with Gasteiger partial charge in [0.2, 0.25) is 0 Å². The van der Waals surface area contributed by atoms with E-state index in [2.05, 4.69) is 40.1 Å². The van der Waals surface area contributed by atoms with Crippen LogP contribution in [-0.2, 0) is 9.47 Å². The SMILES string of the molecule is C[C@@H](O)C1CCN(C2CCN(c3cccc(C4=CC5=C(CC4)OCCO5)c3C#N)CC2)C1. The van der Waals surface area contributed by atoms with Crippen molar-refractivity contribution in [1.29, 1.82) is 5.26 Å². The fourth-order valence-corrected chi connectivity index (χ4v) is 5.68. The van der Waals surface area contributed by atoms with Crippen molar-refractivity contribution in [2.24, 2.45) is 5.92 Å². The number of hydrogen-bond acceptors (Lipinski definition) is 6. The van der Waals surface area contributed by atoms with Crippen LogP contribution in [0, 0.1) is 17.2 Å². The van der Waals surface area contributed by atoms with Crippen molar-refractivity contribution < 1.29 is 14.6 Å². The van der Waals surface area contributed by atoms with Crippen LogP contribution in [0.3, 0.4) is 0 Å². The molecule has 0 radical (unpaired) electrons. The van der Waals surface area contributed by atoms with Crippen LogP contribution in [0.5, 0.6) is 0 Å². The molecule has 170 valence electrons. The van der Waals surface area contributed by atoms with Crippen molar-refractivity contribution in [3.8, 4) is 6.07 Å². The third-order valence-electron chi connectivity index (χ3n) is 7.58. The van der Waals surface area contributed by atoms with E-state index in [9.17, 15) is 10.4 Å². The minimum atomic E-state index is -0.215. The van der Waals surface area contributed by atoms with Crippen LogP contribution in [0.1, 0.15) is 50.2 Å². The molecule has 0 amide bonds. The van der Waals surface area contributed by atoms with Gasteiger partial charge in [0.1, 0.15) is 25.0 Å². The highest BCUT2D eigenvalue weighted by Gasteiger charge is 2.33. The topological polar surface area (TPSA) is 69.0 Å². The molecule has 1 N–H and O–H groups in total. The van der Waals surface area contributed by atoms with Crippen molar-refractivity contribution in [2.45, 2.75) is 51.2 Å². The molecule has 0 saturated carbocycles. The monoisotopic (exact) mass is 435 g/mol. The molecule has 5 rings (SSSR count). The van der Waals surface area contributed by atoms with Gasteiger partial charge in [-0.1, -0.05) is 12.1 Å². The second-order valence-electron chi connectivity index (χ2n) is 9.47. The summed E-state index contributed by atoms with van der Waals surface area (Å²) in [5.74, 6) is 2.18. The Morgan fingerprint density at radius 1 is 1.09 bits per heavy atom. The lowest BCUT2D eigenvalue weighted by atomic mass is 9.91. The van der Waals surface area contributed by atoms with E-state index in [-0.39, 0.29) is 6.10 Å². The third-order valence-corrected chi connectivity index (χ3v) is 7.58. The molecule has 3 heterocycles. The lowest BCUT2D eigenvalue weighted by Crippen LogP contribution is -2.44. The molecule has 2 atom stereocenters. The van der Waals surface area contributed by atoms with Crippen molar-refractivity contribution in [3.05, 3.63) is 46.9 Å². The number of hydrogen-bond donors (Lipinski definition) is 1. The van der Waals surface area contributed by atoms with Crippen molar-refractivity contribution in [2.75, 3.05) is 44.3 Å². The highest BCUT2D eigenvalue weighted by molar-refractivity contribution is 5.79. The van der Waals surface area contributed by atoms with E-state index >= 15 is 0 Å². The summed E-state index contributed by atoms with van der Waals surface area (Å²) in [5, 5.41) is 20.0. The zero-order valence-corrected chi connectivity index (χ0v) is 18.9. The van der Waals surface area contributed by atoms with E-state index in [4.69, 9.17) is 9.47 Å². The van der Waals surface area contributed by atoms with E-state index in [1.165, 1.54) is 0 Å². The Morgan fingerprint density at radius 3 is 2.66 bits per heavy atom. The molecule has 1 aromatic rings. The highest BCUT2D eigenvalue weighted by Crippen LogP contribution is 2.37. The van der Waals surface area contributed by atoms with Crippen LogP contribution in [-0.4, -0.2) is 61.5 Å². The number of anilines is 1. The van der Waals surface area contributed by atoms with Crippen LogP contribution in [0.4, 0.5) is 5.69 Å². The Balaban J connectivity index is 1.31. The molecule has 0 spiro atoms. The average molecular weight is 436 g/mol. The number of nitrogens with zero attached hydrogens (tertiary/aromatic N) is 3. The first-order valence-electron chi connectivity index (χ1n) is 12.0. The number of aliphatic hydroxyl groups is 1. The summed E-state index contributed by atoms with van der Waals surface area (Å²) in [4.78, 5) is 4.95. The summed E-state index contributed by atoms with van der Waals surface area (Å²) in [5.41, 5.74) is 4.00. The standard InChI is InChI=1S/C26H33N3O3/c1-18(30)20-7-10-29(17-20)21-8-11-28(12-9-21)24-4-2-3-22(23(24)16-27)19-5-6-25-26(15-19)32-14-13-31-25/h2-4,15,18,20-21,30H,5-14,17H2,1H3/t18-,20?/m1/s1. The Bertz CT molecular complexity index is 954. The van der Waals surface area contributed by atoms with E-state index in [0.717, 1.165) is 92.2 Å². The maximum Gasteiger partial charge on any atom is 0.157 e. The minimum absolute atomic E-state index is 0.215. The van der Waals surface area contributed by atoms with Gasteiger partial charge in [-0.3, -0.25) is 4.90 Å². The lowest BCUT2D eigenvalue weighted by Gasteiger charge is -2.38. The number of benzene rings is 1. The van der Waals surface area contributed by atoms with Gasteiger partial charge in [-0.2, -0.15) is 5.26 Å². The molecule has 1 aliphatic carbocycles. The second kappa shape index (κ2) is 9.17. The maximum atomic E-state index is 10.1. The summed E-state index contributed by atoms with van der Waals surface area (Å²) in [7, 11) is 0. The smallest absolute Gasteiger partial charge is 0.157 e. The highest BCUT2D eigenvalue weighted by atomic mass is 16.6. The molecule has 0 bridgehead atoms. The number of nitriles is 1. The maximum absolute atomic E-state index is 10.1. The van der Waals surface area contributed by atoms with Crippen LogP contribution in [0.2, 0.25) is 0 Å². The number of allylic oxidation sites excluding steroid dienone is 3. The van der Waals surface area contributed by atoms with Gasteiger partial charge in [0.25, 0.3) is 0 Å². The lowest BCUT2D eigenvalue weighted by molar-refractivity contribution is 0.0635. The molecular formula is C26H33N3O3. The molecule has 2 fully saturated rings. The fourth-order valence-electron chi connectivity index (χ4n) is 5.68. The number of piperidine rings is 1. The summed E-state index contributed by atoms with van der Waals surface area (Å²) in [6, 6.07) is 9.33. The number of likely N-dealkylation sites (tertiary alicyclic amines) is 1. The van der Waals surface area contributed by atoms with Crippen LogP contribution < -0.4 is 4.90 Å². The van der Waals surface area contributed by atoms with Gasteiger partial charge in [-0.05, 0) is 68.3 Å². The summed E-state index contributed by atoms with van der Waals surface area (Å²) < 4.78 is 11.5. The van der Waals surface area contributed by atoms with Crippen LogP contribution in [0.25, 0.3) is 5.57 Å². The van der Waals surface area contributed by atoms with Crippen LogP contribution >= 0.6 is 0 Å². The zero-order chi connectivity index (χ0) is 22.1. The van der Waals surface area contributed by atoms with Gasteiger partial charge in [-0.15, -0.1) is 0 Å². The fraction of sp³-hybridized carbons (Fsp3) is 0.577. The Labute approximate surface area is 190 Å². The van der Waals surface area contributed by atoms with E-state index < -0.39 is 0 Å².